The Balaban J connectivity index is 1.62. The van der Waals surface area contributed by atoms with Gasteiger partial charge in [-0.1, -0.05) is 0 Å². The molecule has 4 nitrogen and oxygen atoms in total. The molecule has 2 aliphatic rings. The summed E-state index contributed by atoms with van der Waals surface area (Å²) in [6, 6.07) is 4.03. The molecule has 0 amide bonds. The van der Waals surface area contributed by atoms with E-state index in [0.717, 1.165) is 34.1 Å². The third-order valence-corrected chi connectivity index (χ3v) is 4.71. The molecule has 0 aliphatic carbocycles. The first-order chi connectivity index (χ1) is 9.72. The van der Waals surface area contributed by atoms with E-state index < -0.39 is 0 Å². The Labute approximate surface area is 128 Å². The van der Waals surface area contributed by atoms with E-state index in [1.165, 1.54) is 25.9 Å². The standard InChI is InChI=1S/C15H21BrN2O2/c1-18-4-2-11(3-5-18)10-17-13-9-15-14(8-12(13)16)19-6-7-20-15/h8-9,11,17H,2-7,10H2,1H3. The second-order valence-corrected chi connectivity index (χ2v) is 6.46. The summed E-state index contributed by atoms with van der Waals surface area (Å²) in [7, 11) is 2.20. The van der Waals surface area contributed by atoms with Crippen molar-refractivity contribution in [3.63, 3.8) is 0 Å². The highest BCUT2D eigenvalue weighted by molar-refractivity contribution is 9.10. The number of nitrogens with zero attached hydrogens (tertiary/aromatic N) is 1. The second-order valence-electron chi connectivity index (χ2n) is 5.60. The lowest BCUT2D eigenvalue weighted by atomic mass is 9.97. The fourth-order valence-corrected chi connectivity index (χ4v) is 3.18. The number of anilines is 1. The number of fused-ring (bicyclic) bond motifs is 1. The molecule has 0 saturated carbocycles. The van der Waals surface area contributed by atoms with Crippen LogP contribution in [0.4, 0.5) is 5.69 Å². The van der Waals surface area contributed by atoms with Crippen molar-refractivity contribution in [3.8, 4) is 11.5 Å². The maximum atomic E-state index is 5.63. The molecule has 5 heteroatoms. The number of benzene rings is 1. The van der Waals surface area contributed by atoms with E-state index in [2.05, 4.69) is 33.2 Å². The molecule has 0 bridgehead atoms. The minimum absolute atomic E-state index is 0.627. The van der Waals surface area contributed by atoms with Gasteiger partial charge in [0.2, 0.25) is 0 Å². The fourth-order valence-electron chi connectivity index (χ4n) is 2.72. The van der Waals surface area contributed by atoms with Crippen molar-refractivity contribution in [2.75, 3.05) is 45.2 Å². The predicted octanol–water partition coefficient (Wildman–Crippen LogP) is 2.97. The van der Waals surface area contributed by atoms with Crippen LogP contribution >= 0.6 is 15.9 Å². The molecule has 1 aromatic rings. The Bertz CT molecular complexity index is 473. The van der Waals surface area contributed by atoms with Crippen LogP contribution in [-0.2, 0) is 0 Å². The minimum Gasteiger partial charge on any atom is -0.486 e. The van der Waals surface area contributed by atoms with Crippen LogP contribution in [0.2, 0.25) is 0 Å². The van der Waals surface area contributed by atoms with E-state index in [0.29, 0.717) is 13.2 Å². The van der Waals surface area contributed by atoms with Gasteiger partial charge in [-0.2, -0.15) is 0 Å². The molecule has 1 saturated heterocycles. The highest BCUT2D eigenvalue weighted by atomic mass is 79.9. The Kier molecular flexibility index (Phi) is 4.36. The first-order valence-electron chi connectivity index (χ1n) is 7.24. The molecule has 1 aromatic carbocycles. The molecular formula is C15H21BrN2O2. The largest absolute Gasteiger partial charge is 0.486 e. The summed E-state index contributed by atoms with van der Waals surface area (Å²) in [6.07, 6.45) is 2.54. The van der Waals surface area contributed by atoms with E-state index in [-0.39, 0.29) is 0 Å². The highest BCUT2D eigenvalue weighted by Gasteiger charge is 2.18. The summed E-state index contributed by atoms with van der Waals surface area (Å²) in [6.45, 7) is 4.68. The van der Waals surface area contributed by atoms with Crippen molar-refractivity contribution >= 4 is 21.6 Å². The minimum atomic E-state index is 0.627. The van der Waals surface area contributed by atoms with Crippen molar-refractivity contribution in [1.82, 2.24) is 4.90 Å². The van der Waals surface area contributed by atoms with Crippen LogP contribution in [0.1, 0.15) is 12.8 Å². The van der Waals surface area contributed by atoms with Crippen molar-refractivity contribution in [2.45, 2.75) is 12.8 Å². The highest BCUT2D eigenvalue weighted by Crippen LogP contribution is 2.38. The third-order valence-electron chi connectivity index (χ3n) is 4.05. The monoisotopic (exact) mass is 340 g/mol. The van der Waals surface area contributed by atoms with Gasteiger partial charge in [-0.3, -0.25) is 0 Å². The lowest BCUT2D eigenvalue weighted by Crippen LogP contribution is -2.33. The zero-order valence-electron chi connectivity index (χ0n) is 11.8. The maximum Gasteiger partial charge on any atom is 0.163 e. The number of halogens is 1. The van der Waals surface area contributed by atoms with Gasteiger partial charge in [0.1, 0.15) is 13.2 Å². The first-order valence-corrected chi connectivity index (χ1v) is 8.03. The van der Waals surface area contributed by atoms with E-state index in [1.807, 2.05) is 12.1 Å². The molecule has 20 heavy (non-hydrogen) atoms. The van der Waals surface area contributed by atoms with Gasteiger partial charge in [0.05, 0.1) is 5.69 Å². The summed E-state index contributed by atoms with van der Waals surface area (Å²) in [5.41, 5.74) is 1.09. The van der Waals surface area contributed by atoms with Crippen LogP contribution in [0.25, 0.3) is 0 Å². The third kappa shape index (κ3) is 3.20. The smallest absolute Gasteiger partial charge is 0.163 e. The summed E-state index contributed by atoms with van der Waals surface area (Å²) in [4.78, 5) is 2.40. The number of hydrogen-bond donors (Lipinski definition) is 1. The van der Waals surface area contributed by atoms with Gasteiger partial charge in [-0.15, -0.1) is 0 Å². The van der Waals surface area contributed by atoms with Gasteiger partial charge >= 0.3 is 0 Å². The van der Waals surface area contributed by atoms with Crippen LogP contribution < -0.4 is 14.8 Å². The van der Waals surface area contributed by atoms with Crippen LogP contribution in [0, 0.1) is 5.92 Å². The number of nitrogens with one attached hydrogen (secondary N) is 1. The number of hydrogen-bond acceptors (Lipinski definition) is 4. The molecule has 0 aromatic heterocycles. The molecule has 0 radical (unpaired) electrons. The van der Waals surface area contributed by atoms with E-state index in [4.69, 9.17) is 9.47 Å². The van der Waals surface area contributed by atoms with Gasteiger partial charge in [-0.05, 0) is 54.8 Å². The molecule has 2 heterocycles. The fraction of sp³-hybridized carbons (Fsp3) is 0.600. The van der Waals surface area contributed by atoms with Crippen LogP contribution in [0.3, 0.4) is 0 Å². The Morgan fingerprint density at radius 1 is 1.20 bits per heavy atom. The maximum absolute atomic E-state index is 5.63. The molecule has 3 rings (SSSR count). The zero-order chi connectivity index (χ0) is 13.9. The second kappa shape index (κ2) is 6.22. The van der Waals surface area contributed by atoms with E-state index in [9.17, 15) is 0 Å². The number of ether oxygens (including phenoxy) is 2. The number of piperidine rings is 1. The van der Waals surface area contributed by atoms with Crippen LogP contribution in [0.15, 0.2) is 16.6 Å². The lowest BCUT2D eigenvalue weighted by molar-refractivity contribution is 0.171. The van der Waals surface area contributed by atoms with Crippen molar-refractivity contribution in [1.29, 1.82) is 0 Å². The lowest BCUT2D eigenvalue weighted by Gasteiger charge is -2.29. The average molecular weight is 341 g/mol. The van der Waals surface area contributed by atoms with Gasteiger partial charge < -0.3 is 19.7 Å². The molecule has 0 spiro atoms. The molecule has 0 atom stereocenters. The molecular weight excluding hydrogens is 320 g/mol. The molecule has 0 unspecified atom stereocenters. The normalized spacial score (nSPS) is 19.9. The average Bonchev–Trinajstić information content (AvgIpc) is 2.47. The van der Waals surface area contributed by atoms with Gasteiger partial charge in [0.25, 0.3) is 0 Å². The van der Waals surface area contributed by atoms with Crippen LogP contribution in [0.5, 0.6) is 11.5 Å². The SMILES string of the molecule is CN1CCC(CNc2cc3c(cc2Br)OCCO3)CC1. The molecule has 1 N–H and O–H groups in total. The quantitative estimate of drug-likeness (QED) is 0.917. The van der Waals surface area contributed by atoms with Gasteiger partial charge in [0.15, 0.2) is 11.5 Å². The van der Waals surface area contributed by atoms with Crippen molar-refractivity contribution in [3.05, 3.63) is 16.6 Å². The Morgan fingerprint density at radius 3 is 2.55 bits per heavy atom. The van der Waals surface area contributed by atoms with Crippen molar-refractivity contribution < 1.29 is 9.47 Å². The molecule has 110 valence electrons. The van der Waals surface area contributed by atoms with E-state index in [1.54, 1.807) is 0 Å². The van der Waals surface area contributed by atoms with E-state index >= 15 is 0 Å². The molecule has 1 fully saturated rings. The summed E-state index contributed by atoms with van der Waals surface area (Å²) >= 11 is 3.60. The Morgan fingerprint density at radius 2 is 1.85 bits per heavy atom. The van der Waals surface area contributed by atoms with Gasteiger partial charge in [0, 0.05) is 23.2 Å². The summed E-state index contributed by atoms with van der Waals surface area (Å²) in [5, 5.41) is 3.55. The first kappa shape index (κ1) is 14.0. The number of rotatable bonds is 3. The predicted molar refractivity (Wildman–Crippen MR) is 83.8 cm³/mol. The van der Waals surface area contributed by atoms with Crippen molar-refractivity contribution in [2.24, 2.45) is 5.92 Å². The zero-order valence-corrected chi connectivity index (χ0v) is 13.4. The Hall–Kier alpha value is -0.940. The molecule has 2 aliphatic heterocycles. The number of likely N-dealkylation sites (tertiary alicyclic amines) is 1. The van der Waals surface area contributed by atoms with Gasteiger partial charge in [-0.25, -0.2) is 0 Å². The summed E-state index contributed by atoms with van der Waals surface area (Å²) < 4.78 is 12.2. The van der Waals surface area contributed by atoms with Crippen LogP contribution in [-0.4, -0.2) is 44.8 Å². The topological polar surface area (TPSA) is 33.7 Å². The summed E-state index contributed by atoms with van der Waals surface area (Å²) in [5.74, 6) is 2.42.